The molecule has 1 aliphatic carbocycles. The highest BCUT2D eigenvalue weighted by Crippen LogP contribution is 2.33. The minimum atomic E-state index is -0.573. The molecule has 3 amide bonds. The van der Waals surface area contributed by atoms with Gasteiger partial charge in [-0.15, -0.1) is 5.10 Å². The zero-order valence-corrected chi connectivity index (χ0v) is 35.0. The van der Waals surface area contributed by atoms with Crippen molar-refractivity contribution in [2.24, 2.45) is 28.5 Å². The number of carbonyl (C=O) groups excluding carboxylic acids is 3. The van der Waals surface area contributed by atoms with Gasteiger partial charge in [-0.3, -0.25) is 19.7 Å². The molecule has 0 spiro atoms. The molecule has 5 heterocycles. The number of nitrogens with one attached hydrogen (secondary N) is 2. The molecule has 3 saturated heterocycles. The van der Waals surface area contributed by atoms with E-state index in [4.69, 9.17) is 20.8 Å². The van der Waals surface area contributed by atoms with E-state index in [0.717, 1.165) is 96.7 Å². The number of rotatable bonds is 8. The number of benzene rings is 3. The van der Waals surface area contributed by atoms with E-state index >= 15 is 0 Å². The van der Waals surface area contributed by atoms with Crippen molar-refractivity contribution in [3.8, 4) is 28.9 Å². The van der Waals surface area contributed by atoms with E-state index in [1.165, 1.54) is 38.6 Å². The van der Waals surface area contributed by atoms with E-state index in [1.807, 2.05) is 60.7 Å². The summed E-state index contributed by atoms with van der Waals surface area (Å²) in [4.78, 5) is 43.0. The number of hydrogen-bond donors (Lipinski definition) is 4. The monoisotopic (exact) mass is 827 g/mol. The van der Waals surface area contributed by atoms with Crippen molar-refractivity contribution in [1.29, 1.82) is 0 Å². The van der Waals surface area contributed by atoms with Crippen molar-refractivity contribution in [2.45, 2.75) is 89.3 Å². The standard InChI is InChI=1S/C27H33N3O3.C20H24N6O2/c31-25-11-10-24(26(32)28-25)30-18-22-16-20(8-9-23(22)27(30)33)7-6-19-12-14-29(15-13-19)17-21-4-2-1-3-5-21;1-26-9-7-15(8-10-26)27-16-4-2-3-13(11-16)19-17-12-14(20(21)23-25-22)5-6-18(17)24-28-19/h8-9,16,19,21,24H,1-5,10-15,17-18H2,(H,28,31,32);2-6,11-12,15,25H,7-10,22H2,1H3,(H2,21,23). The van der Waals surface area contributed by atoms with Crippen molar-refractivity contribution in [3.63, 3.8) is 0 Å². The number of hydrazine groups is 1. The van der Waals surface area contributed by atoms with Gasteiger partial charge in [-0.25, -0.2) is 11.4 Å². The van der Waals surface area contributed by atoms with Gasteiger partial charge in [-0.1, -0.05) is 48.4 Å². The van der Waals surface area contributed by atoms with E-state index in [1.54, 1.807) is 4.90 Å². The van der Waals surface area contributed by atoms with Crippen molar-refractivity contribution in [2.75, 3.05) is 39.8 Å². The average molecular weight is 828 g/mol. The number of amidine groups is 1. The molecule has 320 valence electrons. The van der Waals surface area contributed by atoms with Gasteiger partial charge in [-0.2, -0.15) is 0 Å². The minimum Gasteiger partial charge on any atom is -0.490 e. The second kappa shape index (κ2) is 19.3. The predicted molar refractivity (Wildman–Crippen MR) is 234 cm³/mol. The Morgan fingerprint density at radius 2 is 1.75 bits per heavy atom. The molecule has 1 saturated carbocycles. The van der Waals surface area contributed by atoms with Crippen LogP contribution in [0.15, 0.2) is 70.3 Å². The maximum Gasteiger partial charge on any atom is 0.255 e. The number of amides is 3. The minimum absolute atomic E-state index is 0.135. The predicted octanol–water partition coefficient (Wildman–Crippen LogP) is 5.14. The van der Waals surface area contributed by atoms with E-state index < -0.39 is 6.04 Å². The number of aromatic nitrogens is 1. The first-order chi connectivity index (χ1) is 29.7. The Balaban J connectivity index is 0.000000171. The van der Waals surface area contributed by atoms with Crippen molar-refractivity contribution < 1.29 is 23.6 Å². The topological polar surface area (TPSA) is 185 Å². The Bertz CT molecular complexity index is 2310. The first-order valence-corrected chi connectivity index (χ1v) is 21.9. The van der Waals surface area contributed by atoms with E-state index in [2.05, 4.69) is 49.8 Å². The Morgan fingerprint density at radius 3 is 2.52 bits per heavy atom. The number of likely N-dealkylation sites (tertiary alicyclic amines) is 2. The van der Waals surface area contributed by atoms with Crippen LogP contribution in [0, 0.1) is 23.7 Å². The quantitative estimate of drug-likeness (QED) is 0.0461. The van der Waals surface area contributed by atoms with Gasteiger partial charge in [0.25, 0.3) is 5.91 Å². The first kappa shape index (κ1) is 42.0. The number of fused-ring (bicyclic) bond motifs is 2. The molecule has 0 radical (unpaired) electrons. The normalized spacial score (nSPS) is 21.0. The maximum atomic E-state index is 12.8. The fourth-order valence-electron chi connectivity index (χ4n) is 9.28. The number of piperidine rings is 3. The maximum absolute atomic E-state index is 12.8. The highest BCUT2D eigenvalue weighted by Gasteiger charge is 2.39. The van der Waals surface area contributed by atoms with Gasteiger partial charge in [0.2, 0.25) is 11.8 Å². The Kier molecular flexibility index (Phi) is 13.3. The van der Waals surface area contributed by atoms with Crippen LogP contribution in [-0.2, 0) is 16.1 Å². The van der Waals surface area contributed by atoms with Crippen LogP contribution in [0.5, 0.6) is 5.75 Å². The molecule has 1 atom stereocenters. The van der Waals surface area contributed by atoms with Crippen LogP contribution in [0.3, 0.4) is 0 Å². The fraction of sp³-hybridized carbons (Fsp3) is 0.468. The molecule has 14 heteroatoms. The second-order valence-corrected chi connectivity index (χ2v) is 17.1. The summed E-state index contributed by atoms with van der Waals surface area (Å²) in [5.41, 5.74) is 13.0. The number of imide groups is 1. The molecule has 1 unspecified atom stereocenters. The Hall–Kier alpha value is -5.75. The van der Waals surface area contributed by atoms with Gasteiger partial charge >= 0.3 is 0 Å². The molecule has 61 heavy (non-hydrogen) atoms. The smallest absolute Gasteiger partial charge is 0.255 e. The molecular weight excluding hydrogens is 771 g/mol. The number of hydrazone groups is 1. The van der Waals surface area contributed by atoms with Crippen LogP contribution in [-0.4, -0.2) is 95.3 Å². The third-order valence-corrected chi connectivity index (χ3v) is 12.8. The van der Waals surface area contributed by atoms with Gasteiger partial charge in [0.1, 0.15) is 23.4 Å². The zero-order chi connectivity index (χ0) is 42.3. The summed E-state index contributed by atoms with van der Waals surface area (Å²) >= 11 is 0. The van der Waals surface area contributed by atoms with Gasteiger partial charge in [0.15, 0.2) is 11.6 Å². The van der Waals surface area contributed by atoms with Gasteiger partial charge in [-0.05, 0) is 125 Å². The van der Waals surface area contributed by atoms with Crippen molar-refractivity contribution in [1.82, 2.24) is 30.7 Å². The summed E-state index contributed by atoms with van der Waals surface area (Å²) in [6.45, 7) is 6.07. The number of hydrogen-bond acceptors (Lipinski definition) is 11. The lowest BCUT2D eigenvalue weighted by Crippen LogP contribution is -2.52. The van der Waals surface area contributed by atoms with Crippen LogP contribution < -0.4 is 27.2 Å². The molecule has 4 aliphatic heterocycles. The lowest BCUT2D eigenvalue weighted by Gasteiger charge is -2.34. The largest absolute Gasteiger partial charge is 0.490 e. The number of carbonyl (C=O) groups is 3. The van der Waals surface area contributed by atoms with Gasteiger partial charge in [0, 0.05) is 60.8 Å². The van der Waals surface area contributed by atoms with Crippen LogP contribution in [0.2, 0.25) is 0 Å². The number of nitrogens with two attached hydrogens (primary N) is 2. The number of ether oxygens (including phenoxy) is 1. The van der Waals surface area contributed by atoms with Crippen LogP contribution in [0.1, 0.15) is 97.7 Å². The van der Waals surface area contributed by atoms with Crippen molar-refractivity contribution in [3.05, 3.63) is 82.9 Å². The summed E-state index contributed by atoms with van der Waals surface area (Å²) in [6, 6.07) is 18.6. The van der Waals surface area contributed by atoms with Crippen LogP contribution in [0.25, 0.3) is 22.2 Å². The zero-order valence-electron chi connectivity index (χ0n) is 35.0. The van der Waals surface area contributed by atoms with Crippen molar-refractivity contribution >= 4 is 34.5 Å². The second-order valence-electron chi connectivity index (χ2n) is 17.1. The molecule has 14 nitrogen and oxygen atoms in total. The molecule has 6 N–H and O–H groups in total. The van der Waals surface area contributed by atoms with E-state index in [0.29, 0.717) is 30.2 Å². The molecule has 1 aromatic heterocycles. The van der Waals surface area contributed by atoms with E-state index in [-0.39, 0.29) is 36.1 Å². The summed E-state index contributed by atoms with van der Waals surface area (Å²) in [5, 5.41) is 11.2. The van der Waals surface area contributed by atoms with E-state index in [9.17, 15) is 14.4 Å². The first-order valence-electron chi connectivity index (χ1n) is 21.9. The highest BCUT2D eigenvalue weighted by molar-refractivity contribution is 6.05. The fourth-order valence-corrected chi connectivity index (χ4v) is 9.28. The van der Waals surface area contributed by atoms with Gasteiger partial charge in [0.05, 0.1) is 5.39 Å². The Morgan fingerprint density at radius 1 is 0.951 bits per heavy atom. The molecule has 4 fully saturated rings. The summed E-state index contributed by atoms with van der Waals surface area (Å²) in [6.07, 6.45) is 12.3. The summed E-state index contributed by atoms with van der Waals surface area (Å²) < 4.78 is 11.8. The third-order valence-electron chi connectivity index (χ3n) is 12.8. The molecular formula is C47H57N9O5. The summed E-state index contributed by atoms with van der Waals surface area (Å²) in [5.74, 6) is 14.4. The molecule has 3 aromatic carbocycles. The third kappa shape index (κ3) is 10.2. The van der Waals surface area contributed by atoms with Crippen LogP contribution in [0.4, 0.5) is 0 Å². The number of nitrogens with zero attached hydrogens (tertiary/aromatic N) is 5. The SMILES string of the molecule is CN1CCC(Oc2cccc(-c3onc4ccc(/C(N)=N/NN)cc34)c2)CC1.O=C1CCC(N2Cc3cc(C#CC4CCN(CC5CCCCC5)CC4)ccc3C2=O)C(=O)N1. The lowest BCUT2D eigenvalue weighted by atomic mass is 9.88. The highest BCUT2D eigenvalue weighted by atomic mass is 16.5. The molecule has 4 aromatic rings. The molecule has 0 bridgehead atoms. The molecule has 9 rings (SSSR count). The van der Waals surface area contributed by atoms with Gasteiger partial charge < -0.3 is 29.7 Å². The Labute approximate surface area is 357 Å². The summed E-state index contributed by atoms with van der Waals surface area (Å²) in [7, 11) is 2.14. The van der Waals surface area contributed by atoms with Crippen LogP contribution >= 0.6 is 0 Å². The lowest BCUT2D eigenvalue weighted by molar-refractivity contribution is -0.136. The average Bonchev–Trinajstić information content (AvgIpc) is 3.85. The molecule has 5 aliphatic rings.